The number of hydrogen-bond acceptors (Lipinski definition) is 4. The first-order chi connectivity index (χ1) is 11.4. The molecule has 0 amide bonds. The fourth-order valence-corrected chi connectivity index (χ4v) is 3.25. The van der Waals surface area contributed by atoms with Crippen molar-refractivity contribution in [3.05, 3.63) is 71.8 Å². The van der Waals surface area contributed by atoms with Crippen LogP contribution in [0.1, 0.15) is 18.1 Å². The molecule has 0 fully saturated rings. The van der Waals surface area contributed by atoms with Gasteiger partial charge in [-0.1, -0.05) is 60.7 Å². The predicted molar refractivity (Wildman–Crippen MR) is 91.3 cm³/mol. The number of phosphoric acid groups is 1. The molecular formula is C18H21O5P. The third-order valence-corrected chi connectivity index (χ3v) is 4.41. The van der Waals surface area contributed by atoms with Gasteiger partial charge < -0.3 is 4.52 Å². The molecule has 0 aliphatic rings. The first kappa shape index (κ1) is 18.4. The van der Waals surface area contributed by atoms with Crippen molar-refractivity contribution in [2.75, 3.05) is 6.61 Å². The standard InChI is InChI=1S/C18H21O5P/c1-15(19)23-24(20,21)22-14-18(12-16-8-4-2-5-9-16)13-17-10-6-3-7-11-17/h2-11,18H,12-14H2,1H3,(H,20,21). The van der Waals surface area contributed by atoms with Gasteiger partial charge in [-0.15, -0.1) is 0 Å². The van der Waals surface area contributed by atoms with E-state index in [0.717, 1.165) is 18.1 Å². The second-order valence-corrected chi connectivity index (χ2v) is 6.97. The Kier molecular flexibility index (Phi) is 6.73. The number of carbonyl (C=O) groups excluding carboxylic acids is 1. The van der Waals surface area contributed by atoms with E-state index in [9.17, 15) is 14.3 Å². The zero-order valence-corrected chi connectivity index (χ0v) is 14.4. The molecule has 2 rings (SSSR count). The molecule has 24 heavy (non-hydrogen) atoms. The van der Waals surface area contributed by atoms with Gasteiger partial charge in [-0.3, -0.25) is 14.2 Å². The van der Waals surface area contributed by atoms with Crippen molar-refractivity contribution in [3.8, 4) is 0 Å². The van der Waals surface area contributed by atoms with E-state index in [1.807, 2.05) is 60.7 Å². The Morgan fingerprint density at radius 2 is 1.46 bits per heavy atom. The van der Waals surface area contributed by atoms with Crippen molar-refractivity contribution in [2.24, 2.45) is 5.92 Å². The van der Waals surface area contributed by atoms with Crippen molar-refractivity contribution >= 4 is 13.8 Å². The summed E-state index contributed by atoms with van der Waals surface area (Å²) in [4.78, 5) is 20.4. The Morgan fingerprint density at radius 1 is 1.00 bits per heavy atom. The van der Waals surface area contributed by atoms with Crippen LogP contribution in [0.25, 0.3) is 0 Å². The van der Waals surface area contributed by atoms with E-state index in [4.69, 9.17) is 4.52 Å². The third kappa shape index (κ3) is 6.67. The van der Waals surface area contributed by atoms with Gasteiger partial charge in [0.15, 0.2) is 0 Å². The van der Waals surface area contributed by atoms with Crippen LogP contribution in [0.5, 0.6) is 0 Å². The fraction of sp³-hybridized carbons (Fsp3) is 0.278. The van der Waals surface area contributed by atoms with Crippen LogP contribution in [0.2, 0.25) is 0 Å². The molecule has 1 N–H and O–H groups in total. The Bertz CT molecular complexity index is 646. The number of carbonyl (C=O) groups is 1. The van der Waals surface area contributed by atoms with E-state index in [0.29, 0.717) is 12.8 Å². The molecule has 128 valence electrons. The second kappa shape index (κ2) is 8.78. The van der Waals surface area contributed by atoms with Gasteiger partial charge in [0.25, 0.3) is 0 Å². The maximum absolute atomic E-state index is 11.7. The molecule has 5 nitrogen and oxygen atoms in total. The van der Waals surface area contributed by atoms with Crippen LogP contribution in [0.4, 0.5) is 0 Å². The summed E-state index contributed by atoms with van der Waals surface area (Å²) in [6.45, 7) is 1.09. The highest BCUT2D eigenvalue weighted by Gasteiger charge is 2.26. The minimum atomic E-state index is -4.36. The van der Waals surface area contributed by atoms with Crippen molar-refractivity contribution in [1.82, 2.24) is 0 Å². The van der Waals surface area contributed by atoms with Gasteiger partial charge in [-0.2, -0.15) is 0 Å². The first-order valence-electron chi connectivity index (χ1n) is 7.70. The highest BCUT2D eigenvalue weighted by Crippen LogP contribution is 2.43. The van der Waals surface area contributed by atoms with Crippen LogP contribution in [-0.2, 0) is 31.2 Å². The van der Waals surface area contributed by atoms with Crippen molar-refractivity contribution in [1.29, 1.82) is 0 Å². The average molecular weight is 348 g/mol. The molecule has 0 heterocycles. The van der Waals surface area contributed by atoms with Crippen molar-refractivity contribution in [3.63, 3.8) is 0 Å². The lowest BCUT2D eigenvalue weighted by Gasteiger charge is -2.19. The van der Waals surface area contributed by atoms with E-state index >= 15 is 0 Å². The maximum atomic E-state index is 11.7. The largest absolute Gasteiger partial charge is 0.529 e. The van der Waals surface area contributed by atoms with Crippen LogP contribution in [0, 0.1) is 5.92 Å². The summed E-state index contributed by atoms with van der Waals surface area (Å²) >= 11 is 0. The summed E-state index contributed by atoms with van der Waals surface area (Å²) in [5, 5.41) is 0. The summed E-state index contributed by atoms with van der Waals surface area (Å²) in [6, 6.07) is 19.7. The molecule has 6 heteroatoms. The minimum absolute atomic E-state index is 0.0187. The predicted octanol–water partition coefficient (Wildman–Crippen LogP) is 3.77. The molecule has 2 aromatic carbocycles. The zero-order chi connectivity index (χ0) is 17.4. The fourth-order valence-electron chi connectivity index (χ4n) is 2.47. The molecule has 0 saturated carbocycles. The van der Waals surface area contributed by atoms with Crippen LogP contribution in [0.3, 0.4) is 0 Å². The second-order valence-electron chi connectivity index (χ2n) is 5.59. The van der Waals surface area contributed by atoms with E-state index in [1.54, 1.807) is 0 Å². The molecule has 0 bridgehead atoms. The summed E-state index contributed by atoms with van der Waals surface area (Å²) in [5.41, 5.74) is 2.23. The molecule has 2 aromatic rings. The Hall–Kier alpha value is -1.94. The van der Waals surface area contributed by atoms with Gasteiger partial charge in [-0.05, 0) is 29.9 Å². The number of hydrogen-bond donors (Lipinski definition) is 1. The monoisotopic (exact) mass is 348 g/mol. The summed E-state index contributed by atoms with van der Waals surface area (Å²) in [5.74, 6) is -0.866. The van der Waals surface area contributed by atoms with Gasteiger partial charge in [0.2, 0.25) is 0 Å². The molecular weight excluding hydrogens is 327 g/mol. The molecule has 0 aromatic heterocycles. The van der Waals surface area contributed by atoms with Gasteiger partial charge in [0, 0.05) is 6.92 Å². The van der Waals surface area contributed by atoms with E-state index in [2.05, 4.69) is 4.52 Å². The molecule has 0 saturated heterocycles. The smallest absolute Gasteiger partial charge is 0.371 e. The molecule has 0 spiro atoms. The molecule has 0 radical (unpaired) electrons. The Labute approximate surface area is 141 Å². The topological polar surface area (TPSA) is 72.8 Å². The van der Waals surface area contributed by atoms with Crippen LogP contribution >= 0.6 is 7.82 Å². The third-order valence-electron chi connectivity index (χ3n) is 3.45. The van der Waals surface area contributed by atoms with Gasteiger partial charge in [0.05, 0.1) is 6.61 Å². The molecule has 1 unspecified atom stereocenters. The highest BCUT2D eigenvalue weighted by atomic mass is 31.2. The van der Waals surface area contributed by atoms with E-state index in [-0.39, 0.29) is 12.5 Å². The minimum Gasteiger partial charge on any atom is -0.371 e. The lowest BCUT2D eigenvalue weighted by molar-refractivity contribution is -0.133. The first-order valence-corrected chi connectivity index (χ1v) is 9.19. The van der Waals surface area contributed by atoms with Crippen LogP contribution in [0.15, 0.2) is 60.7 Å². The normalized spacial score (nSPS) is 13.5. The van der Waals surface area contributed by atoms with Crippen LogP contribution in [-0.4, -0.2) is 17.5 Å². The van der Waals surface area contributed by atoms with Gasteiger partial charge in [0.1, 0.15) is 0 Å². The van der Waals surface area contributed by atoms with E-state index in [1.165, 1.54) is 0 Å². The zero-order valence-electron chi connectivity index (χ0n) is 13.5. The molecule has 0 aliphatic heterocycles. The summed E-state index contributed by atoms with van der Waals surface area (Å²) in [6.07, 6.45) is 1.38. The van der Waals surface area contributed by atoms with Crippen molar-refractivity contribution in [2.45, 2.75) is 19.8 Å². The van der Waals surface area contributed by atoms with Crippen molar-refractivity contribution < 1.29 is 23.3 Å². The maximum Gasteiger partial charge on any atom is 0.529 e. The summed E-state index contributed by atoms with van der Waals surface area (Å²) in [7, 11) is -4.36. The average Bonchev–Trinajstić information content (AvgIpc) is 2.53. The quantitative estimate of drug-likeness (QED) is 0.735. The van der Waals surface area contributed by atoms with Gasteiger partial charge in [-0.25, -0.2) is 4.57 Å². The Balaban J connectivity index is 2.04. The van der Waals surface area contributed by atoms with Gasteiger partial charge >= 0.3 is 13.8 Å². The lowest BCUT2D eigenvalue weighted by Crippen LogP contribution is -2.16. The number of benzene rings is 2. The van der Waals surface area contributed by atoms with E-state index < -0.39 is 13.8 Å². The summed E-state index contributed by atoms with van der Waals surface area (Å²) < 4.78 is 21.1. The highest BCUT2D eigenvalue weighted by molar-refractivity contribution is 7.48. The molecule has 0 aliphatic carbocycles. The lowest BCUT2D eigenvalue weighted by atomic mass is 9.93. The SMILES string of the molecule is CC(=O)OP(=O)(O)OCC(Cc1ccccc1)Cc1ccccc1. The Morgan fingerprint density at radius 3 is 1.88 bits per heavy atom. The number of phosphoric ester groups is 1. The van der Waals surface area contributed by atoms with Crippen LogP contribution < -0.4 is 0 Å². The number of rotatable bonds is 8. The molecule has 1 atom stereocenters.